The molecule has 1 aliphatic carbocycles. The van der Waals surface area contributed by atoms with Crippen LogP contribution in [0, 0.1) is 5.95 Å². The third-order valence-electron chi connectivity index (χ3n) is 3.59. The maximum atomic E-state index is 13.5. The normalized spacial score (nSPS) is 22.8. The van der Waals surface area contributed by atoms with E-state index in [4.69, 9.17) is 9.88 Å². The molecule has 0 fully saturated rings. The van der Waals surface area contributed by atoms with E-state index in [2.05, 4.69) is 9.97 Å². The van der Waals surface area contributed by atoms with Crippen LogP contribution in [0.25, 0.3) is 0 Å². The molecule has 3 N–H and O–H groups in total. The predicted octanol–water partition coefficient (Wildman–Crippen LogP) is -0.871. The Kier molecular flexibility index (Phi) is 5.17. The quantitative estimate of drug-likeness (QED) is 0.597. The van der Waals surface area contributed by atoms with E-state index in [0.717, 1.165) is 18.2 Å². The lowest BCUT2D eigenvalue weighted by atomic mass is 9.98. The van der Waals surface area contributed by atoms with E-state index in [0.29, 0.717) is 6.26 Å². The van der Waals surface area contributed by atoms with Gasteiger partial charge in [0, 0.05) is 6.26 Å². The molecular weight excluding hydrogens is 391 g/mol. The van der Waals surface area contributed by atoms with Gasteiger partial charge in [0.2, 0.25) is 27.8 Å². The third-order valence-corrected chi connectivity index (χ3v) is 6.78. The van der Waals surface area contributed by atoms with Crippen molar-refractivity contribution >= 4 is 31.7 Å². The molecule has 2 unspecified atom stereocenters. The van der Waals surface area contributed by atoms with Gasteiger partial charge in [-0.3, -0.25) is 10.1 Å². The Morgan fingerprint density at radius 2 is 1.96 bits per heavy atom. The fourth-order valence-electron chi connectivity index (χ4n) is 2.42. The Morgan fingerprint density at radius 3 is 2.50 bits per heavy atom. The number of allylic oxidation sites excluding steroid dienone is 2. The molecule has 0 saturated carbocycles. The smallest absolute Gasteiger partial charge is 0.253 e. The summed E-state index contributed by atoms with van der Waals surface area (Å²) in [7, 11) is -7.66. The van der Waals surface area contributed by atoms with Crippen LogP contribution in [0.4, 0.5) is 10.3 Å². The summed E-state index contributed by atoms with van der Waals surface area (Å²) in [6.45, 7) is 0. The number of nitrogens with zero attached hydrogens (tertiary/aromatic N) is 2. The van der Waals surface area contributed by atoms with Gasteiger partial charge in [0.25, 0.3) is 5.91 Å². The molecule has 1 aromatic rings. The van der Waals surface area contributed by atoms with E-state index in [1.807, 2.05) is 5.32 Å². The summed E-state index contributed by atoms with van der Waals surface area (Å²) in [5.41, 5.74) is 0. The van der Waals surface area contributed by atoms with Crippen LogP contribution in [0.15, 0.2) is 30.4 Å². The van der Waals surface area contributed by atoms with Gasteiger partial charge in [-0.15, -0.1) is 0 Å². The summed E-state index contributed by atoms with van der Waals surface area (Å²) in [5.74, 6) is -3.20. The third kappa shape index (κ3) is 3.59. The first-order chi connectivity index (χ1) is 11.9. The molecule has 13 heteroatoms. The number of nitrogens with two attached hydrogens (primary N) is 1. The molecular formula is C13H15FN4O6S2. The Bertz CT molecular complexity index is 1010. The topological polar surface area (TPSA) is 158 Å². The zero-order valence-electron chi connectivity index (χ0n) is 13.6. The molecule has 10 nitrogen and oxygen atoms in total. The summed E-state index contributed by atoms with van der Waals surface area (Å²) in [6.07, 6.45) is 4.98. The number of rotatable bonds is 5. The number of primary sulfonamides is 1. The largest absolute Gasteiger partial charge is 0.481 e. The minimum Gasteiger partial charge on any atom is -0.481 e. The molecule has 1 heterocycles. The van der Waals surface area contributed by atoms with Crippen molar-refractivity contribution in [2.24, 2.45) is 5.14 Å². The zero-order chi connectivity index (χ0) is 19.8. The van der Waals surface area contributed by atoms with Gasteiger partial charge in [-0.2, -0.15) is 14.4 Å². The van der Waals surface area contributed by atoms with Gasteiger partial charge in [0.1, 0.15) is 5.25 Å². The predicted molar refractivity (Wildman–Crippen MR) is 89.9 cm³/mol. The summed E-state index contributed by atoms with van der Waals surface area (Å²) in [4.78, 5) is 19.7. The summed E-state index contributed by atoms with van der Waals surface area (Å²) in [6, 6.07) is 0.832. The summed E-state index contributed by atoms with van der Waals surface area (Å²) < 4.78 is 64.2. The summed E-state index contributed by atoms with van der Waals surface area (Å²) in [5, 5.41) is 5.23. The van der Waals surface area contributed by atoms with Crippen LogP contribution in [-0.4, -0.2) is 56.1 Å². The Hall–Kier alpha value is -2.38. The number of nitrogens with one attached hydrogen (secondary N) is 1. The number of sulfone groups is 1. The standard InChI is InChI=1S/C13H15FN4O6S2/c1-24-10-7-9(14)16-12(17-10)18-11(19)13(25(2,20)21)6-4-3-5-8(13)26(15,22)23/h3-8H,1-2H3,(H2,15,22,23)(H,16,17,18,19). The maximum Gasteiger partial charge on any atom is 0.253 e. The summed E-state index contributed by atoms with van der Waals surface area (Å²) >= 11 is 0. The molecule has 0 aromatic carbocycles. The SMILES string of the molecule is COc1cc(F)nc(NC(=O)C2(S(C)(=O)=O)C=CC=CC2S(N)(=O)=O)n1. The second kappa shape index (κ2) is 6.74. The van der Waals surface area contributed by atoms with Crippen molar-refractivity contribution in [2.75, 3.05) is 18.7 Å². The van der Waals surface area contributed by atoms with Crippen LogP contribution in [0.5, 0.6) is 5.88 Å². The molecule has 0 radical (unpaired) electrons. The Labute approximate surface area is 148 Å². The van der Waals surface area contributed by atoms with Gasteiger partial charge in [0.15, 0.2) is 14.6 Å². The lowest BCUT2D eigenvalue weighted by Crippen LogP contribution is -2.60. The minimum absolute atomic E-state index is 0.233. The van der Waals surface area contributed by atoms with Gasteiger partial charge in [0.05, 0.1) is 13.2 Å². The fraction of sp³-hybridized carbons (Fsp3) is 0.308. The van der Waals surface area contributed by atoms with E-state index < -0.39 is 47.7 Å². The highest BCUT2D eigenvalue weighted by atomic mass is 32.2. The van der Waals surface area contributed by atoms with Crippen molar-refractivity contribution in [1.82, 2.24) is 9.97 Å². The van der Waals surface area contributed by atoms with Crippen molar-refractivity contribution in [3.05, 3.63) is 36.3 Å². The first-order valence-corrected chi connectivity index (χ1v) is 10.4. The van der Waals surface area contributed by atoms with E-state index in [1.54, 1.807) is 0 Å². The molecule has 142 valence electrons. The fourth-order valence-corrected chi connectivity index (χ4v) is 5.54. The van der Waals surface area contributed by atoms with E-state index >= 15 is 0 Å². The van der Waals surface area contributed by atoms with Crippen LogP contribution in [-0.2, 0) is 24.7 Å². The molecule has 0 aliphatic heterocycles. The highest BCUT2D eigenvalue weighted by molar-refractivity contribution is 7.96. The number of aromatic nitrogens is 2. The molecule has 0 bridgehead atoms. The maximum absolute atomic E-state index is 13.5. The number of carbonyl (C=O) groups is 1. The van der Waals surface area contributed by atoms with Crippen molar-refractivity contribution in [1.29, 1.82) is 0 Å². The molecule has 0 spiro atoms. The van der Waals surface area contributed by atoms with Crippen LogP contribution < -0.4 is 15.2 Å². The minimum atomic E-state index is -4.49. The van der Waals surface area contributed by atoms with Crippen molar-refractivity contribution < 1.29 is 30.8 Å². The van der Waals surface area contributed by atoms with E-state index in [9.17, 15) is 26.0 Å². The van der Waals surface area contributed by atoms with Crippen LogP contribution in [0.1, 0.15) is 0 Å². The average Bonchev–Trinajstić information content (AvgIpc) is 2.52. The molecule has 1 amide bonds. The highest BCUT2D eigenvalue weighted by Gasteiger charge is 2.56. The first kappa shape index (κ1) is 19.9. The second-order valence-electron chi connectivity index (χ2n) is 5.33. The van der Waals surface area contributed by atoms with Crippen molar-refractivity contribution in [3.63, 3.8) is 0 Å². The molecule has 1 aliphatic rings. The lowest BCUT2D eigenvalue weighted by Gasteiger charge is -2.33. The Morgan fingerprint density at radius 1 is 1.31 bits per heavy atom. The molecule has 2 rings (SSSR count). The van der Waals surface area contributed by atoms with Crippen molar-refractivity contribution in [2.45, 2.75) is 10.00 Å². The molecule has 1 aromatic heterocycles. The van der Waals surface area contributed by atoms with Gasteiger partial charge < -0.3 is 4.74 Å². The average molecular weight is 406 g/mol. The number of sulfonamides is 1. The van der Waals surface area contributed by atoms with E-state index in [1.165, 1.54) is 19.3 Å². The number of carbonyl (C=O) groups excluding carboxylic acids is 1. The molecule has 0 saturated heterocycles. The van der Waals surface area contributed by atoms with Gasteiger partial charge in [-0.25, -0.2) is 22.0 Å². The van der Waals surface area contributed by atoms with Crippen LogP contribution >= 0.6 is 0 Å². The lowest BCUT2D eigenvalue weighted by molar-refractivity contribution is -0.117. The van der Waals surface area contributed by atoms with E-state index in [-0.39, 0.29) is 5.88 Å². The number of anilines is 1. The highest BCUT2D eigenvalue weighted by Crippen LogP contribution is 2.32. The molecule has 2 atom stereocenters. The van der Waals surface area contributed by atoms with Crippen molar-refractivity contribution in [3.8, 4) is 5.88 Å². The molecule has 26 heavy (non-hydrogen) atoms. The second-order valence-corrected chi connectivity index (χ2v) is 9.24. The zero-order valence-corrected chi connectivity index (χ0v) is 15.2. The van der Waals surface area contributed by atoms with Crippen LogP contribution in [0.2, 0.25) is 0 Å². The Balaban J connectivity index is 2.58. The number of methoxy groups -OCH3 is 1. The van der Waals surface area contributed by atoms with Gasteiger partial charge in [-0.05, 0) is 0 Å². The van der Waals surface area contributed by atoms with Crippen LogP contribution in [0.3, 0.4) is 0 Å². The van der Waals surface area contributed by atoms with Gasteiger partial charge in [-0.1, -0.05) is 24.3 Å². The number of halogens is 1. The number of hydrogen-bond acceptors (Lipinski definition) is 8. The number of ether oxygens (including phenoxy) is 1. The van der Waals surface area contributed by atoms with Gasteiger partial charge >= 0.3 is 0 Å². The number of amides is 1. The number of hydrogen-bond donors (Lipinski definition) is 2. The monoisotopic (exact) mass is 406 g/mol. The first-order valence-electron chi connectivity index (χ1n) is 6.89.